The molecule has 6 heteroatoms. The summed E-state index contributed by atoms with van der Waals surface area (Å²) in [6, 6.07) is 15.0. The van der Waals surface area contributed by atoms with Crippen LogP contribution in [0, 0.1) is 0 Å². The van der Waals surface area contributed by atoms with Crippen LogP contribution in [0.2, 0.25) is 5.02 Å². The number of nitrogens with one attached hydrogen (secondary N) is 1. The molecular formula is C19H22ClNO3S. The van der Waals surface area contributed by atoms with Crippen LogP contribution in [-0.2, 0) is 10.5 Å². The van der Waals surface area contributed by atoms with Gasteiger partial charge in [0.05, 0.1) is 18.9 Å². The van der Waals surface area contributed by atoms with E-state index in [1.165, 1.54) is 11.8 Å². The fourth-order valence-corrected chi connectivity index (χ4v) is 3.24. The van der Waals surface area contributed by atoms with E-state index in [0.29, 0.717) is 18.1 Å². The van der Waals surface area contributed by atoms with E-state index in [2.05, 4.69) is 5.32 Å². The fraction of sp³-hybridized carbons (Fsp3) is 0.316. The van der Waals surface area contributed by atoms with E-state index in [9.17, 15) is 4.79 Å². The predicted molar refractivity (Wildman–Crippen MR) is 104 cm³/mol. The summed E-state index contributed by atoms with van der Waals surface area (Å²) in [6.45, 7) is 2.33. The summed E-state index contributed by atoms with van der Waals surface area (Å²) in [5.74, 6) is 2.61. The van der Waals surface area contributed by atoms with E-state index in [1.807, 2.05) is 55.5 Å². The number of amides is 1. The first-order valence-electron chi connectivity index (χ1n) is 7.96. The zero-order valence-electron chi connectivity index (χ0n) is 14.3. The van der Waals surface area contributed by atoms with Gasteiger partial charge in [-0.05, 0) is 42.8 Å². The van der Waals surface area contributed by atoms with Crippen molar-refractivity contribution < 1.29 is 14.3 Å². The van der Waals surface area contributed by atoms with Gasteiger partial charge in [0.1, 0.15) is 18.1 Å². The molecule has 0 saturated heterocycles. The molecule has 0 spiro atoms. The molecule has 0 heterocycles. The van der Waals surface area contributed by atoms with Gasteiger partial charge < -0.3 is 14.8 Å². The second kappa shape index (κ2) is 10.2. The molecule has 2 aromatic rings. The zero-order valence-corrected chi connectivity index (χ0v) is 15.9. The van der Waals surface area contributed by atoms with E-state index < -0.39 is 0 Å². The average Bonchev–Trinajstić information content (AvgIpc) is 2.62. The van der Waals surface area contributed by atoms with Crippen molar-refractivity contribution in [3.8, 4) is 11.5 Å². The smallest absolute Gasteiger partial charge is 0.230 e. The maximum absolute atomic E-state index is 12.0. The van der Waals surface area contributed by atoms with Crippen molar-refractivity contribution in [3.63, 3.8) is 0 Å². The van der Waals surface area contributed by atoms with Crippen molar-refractivity contribution in [2.75, 3.05) is 19.5 Å². The van der Waals surface area contributed by atoms with Crippen molar-refractivity contribution in [3.05, 3.63) is 59.1 Å². The summed E-state index contributed by atoms with van der Waals surface area (Å²) >= 11 is 7.64. The summed E-state index contributed by atoms with van der Waals surface area (Å²) in [4.78, 5) is 12.0. The Morgan fingerprint density at radius 3 is 2.52 bits per heavy atom. The third kappa shape index (κ3) is 6.88. The Morgan fingerprint density at radius 1 is 1.16 bits per heavy atom. The van der Waals surface area contributed by atoms with E-state index in [-0.39, 0.29) is 11.9 Å². The molecule has 0 aliphatic rings. The van der Waals surface area contributed by atoms with Crippen molar-refractivity contribution in [2.45, 2.75) is 18.7 Å². The van der Waals surface area contributed by atoms with Crippen molar-refractivity contribution in [1.29, 1.82) is 0 Å². The topological polar surface area (TPSA) is 47.6 Å². The van der Waals surface area contributed by atoms with Crippen LogP contribution < -0.4 is 14.8 Å². The maximum atomic E-state index is 12.0. The number of thioether (sulfide) groups is 1. The van der Waals surface area contributed by atoms with Gasteiger partial charge in [-0.3, -0.25) is 4.79 Å². The zero-order chi connectivity index (χ0) is 18.1. The first-order chi connectivity index (χ1) is 12.1. The number of hydrogen-bond donors (Lipinski definition) is 1. The monoisotopic (exact) mass is 379 g/mol. The summed E-state index contributed by atoms with van der Waals surface area (Å²) in [5.41, 5.74) is 1.04. The first-order valence-corrected chi connectivity index (χ1v) is 9.49. The Bertz CT molecular complexity index is 679. The van der Waals surface area contributed by atoms with E-state index in [4.69, 9.17) is 21.1 Å². The van der Waals surface area contributed by atoms with Crippen LogP contribution in [0.25, 0.3) is 0 Å². The van der Waals surface area contributed by atoms with Crippen LogP contribution in [0.4, 0.5) is 0 Å². The van der Waals surface area contributed by atoms with E-state index in [1.54, 1.807) is 7.11 Å². The minimum absolute atomic E-state index is 0.0112. The lowest BCUT2D eigenvalue weighted by atomic mass is 10.2. The predicted octanol–water partition coefficient (Wildman–Crippen LogP) is 4.17. The molecule has 2 rings (SSSR count). The minimum Gasteiger partial charge on any atom is -0.497 e. The van der Waals surface area contributed by atoms with Gasteiger partial charge in [-0.25, -0.2) is 0 Å². The Kier molecular flexibility index (Phi) is 7.95. The fourth-order valence-electron chi connectivity index (χ4n) is 2.12. The molecule has 0 aliphatic carbocycles. The number of benzene rings is 2. The van der Waals surface area contributed by atoms with Crippen LogP contribution in [0.3, 0.4) is 0 Å². The molecule has 0 radical (unpaired) electrons. The Morgan fingerprint density at radius 2 is 1.84 bits per heavy atom. The molecule has 1 unspecified atom stereocenters. The van der Waals surface area contributed by atoms with Gasteiger partial charge in [-0.2, -0.15) is 0 Å². The number of ether oxygens (including phenoxy) is 2. The molecule has 1 N–H and O–H groups in total. The van der Waals surface area contributed by atoms with Crippen LogP contribution in [-0.4, -0.2) is 31.4 Å². The molecule has 0 aliphatic heterocycles. The molecule has 1 amide bonds. The lowest BCUT2D eigenvalue weighted by molar-refractivity contribution is -0.119. The number of carbonyl (C=O) groups excluding carboxylic acids is 1. The van der Waals surface area contributed by atoms with Gasteiger partial charge >= 0.3 is 0 Å². The molecular weight excluding hydrogens is 358 g/mol. The lowest BCUT2D eigenvalue weighted by Crippen LogP contribution is -2.37. The third-order valence-corrected chi connectivity index (χ3v) is 4.77. The quantitative estimate of drug-likeness (QED) is 0.710. The van der Waals surface area contributed by atoms with Crippen LogP contribution in [0.5, 0.6) is 11.5 Å². The highest BCUT2D eigenvalue weighted by atomic mass is 35.5. The normalized spacial score (nSPS) is 11.6. The Balaban J connectivity index is 1.66. The van der Waals surface area contributed by atoms with Crippen molar-refractivity contribution in [2.24, 2.45) is 0 Å². The van der Waals surface area contributed by atoms with E-state index in [0.717, 1.165) is 22.1 Å². The molecule has 25 heavy (non-hydrogen) atoms. The molecule has 1 atom stereocenters. The standard InChI is InChI=1S/C19H22ClNO3S/c1-14(11-24-17-9-7-16(23-2)8-10-17)21-19(22)13-25-12-15-5-3-4-6-18(15)20/h3-10,14H,11-13H2,1-2H3,(H,21,22). The van der Waals surface area contributed by atoms with E-state index >= 15 is 0 Å². The van der Waals surface area contributed by atoms with Crippen LogP contribution in [0.1, 0.15) is 12.5 Å². The van der Waals surface area contributed by atoms with Gasteiger partial charge in [0.15, 0.2) is 0 Å². The second-order valence-electron chi connectivity index (χ2n) is 5.54. The summed E-state index contributed by atoms with van der Waals surface area (Å²) in [7, 11) is 1.62. The summed E-state index contributed by atoms with van der Waals surface area (Å²) in [5, 5.41) is 3.66. The van der Waals surface area contributed by atoms with Gasteiger partial charge in [0, 0.05) is 10.8 Å². The maximum Gasteiger partial charge on any atom is 0.230 e. The highest BCUT2D eigenvalue weighted by Gasteiger charge is 2.09. The van der Waals surface area contributed by atoms with Gasteiger partial charge in [0.2, 0.25) is 5.91 Å². The Hall–Kier alpha value is -1.85. The minimum atomic E-state index is -0.0736. The van der Waals surface area contributed by atoms with Gasteiger partial charge in [-0.1, -0.05) is 29.8 Å². The lowest BCUT2D eigenvalue weighted by Gasteiger charge is -2.15. The summed E-state index contributed by atoms with van der Waals surface area (Å²) in [6.07, 6.45) is 0. The van der Waals surface area contributed by atoms with Crippen LogP contribution >= 0.6 is 23.4 Å². The molecule has 2 aromatic carbocycles. The molecule has 4 nitrogen and oxygen atoms in total. The van der Waals surface area contributed by atoms with Crippen molar-refractivity contribution in [1.82, 2.24) is 5.32 Å². The highest BCUT2D eigenvalue weighted by Crippen LogP contribution is 2.20. The number of carbonyl (C=O) groups is 1. The first kappa shape index (κ1) is 19.5. The van der Waals surface area contributed by atoms with Crippen molar-refractivity contribution >= 4 is 29.3 Å². The third-order valence-electron chi connectivity index (χ3n) is 3.42. The number of hydrogen-bond acceptors (Lipinski definition) is 4. The number of methoxy groups -OCH3 is 1. The van der Waals surface area contributed by atoms with Gasteiger partial charge in [0.25, 0.3) is 0 Å². The SMILES string of the molecule is COc1ccc(OCC(C)NC(=O)CSCc2ccccc2Cl)cc1. The molecule has 0 saturated carbocycles. The van der Waals surface area contributed by atoms with Gasteiger partial charge in [-0.15, -0.1) is 11.8 Å². The molecule has 0 bridgehead atoms. The number of rotatable bonds is 9. The second-order valence-corrected chi connectivity index (χ2v) is 6.93. The average molecular weight is 380 g/mol. The molecule has 134 valence electrons. The number of halogens is 1. The Labute approximate surface area is 157 Å². The van der Waals surface area contributed by atoms with Crippen LogP contribution in [0.15, 0.2) is 48.5 Å². The molecule has 0 fully saturated rings. The molecule has 0 aromatic heterocycles. The summed E-state index contributed by atoms with van der Waals surface area (Å²) < 4.78 is 10.8. The highest BCUT2D eigenvalue weighted by molar-refractivity contribution is 7.99. The largest absolute Gasteiger partial charge is 0.497 e.